The van der Waals surface area contributed by atoms with Gasteiger partial charge in [-0.25, -0.2) is 0 Å². The van der Waals surface area contributed by atoms with Crippen LogP contribution in [0.3, 0.4) is 0 Å². The highest BCUT2D eigenvalue weighted by atomic mass is 127. The molecule has 0 spiro atoms. The molecule has 0 aliphatic carbocycles. The highest BCUT2D eigenvalue weighted by Crippen LogP contribution is 2.21. The number of hydrogen-bond donors (Lipinski definition) is 1. The lowest BCUT2D eigenvalue weighted by Crippen LogP contribution is -2.01. The maximum atomic E-state index is 5.20. The summed E-state index contributed by atoms with van der Waals surface area (Å²) >= 11 is 2.32. The third-order valence-electron chi connectivity index (χ3n) is 2.83. The Bertz CT molecular complexity index is 523. The number of nitrogens with one attached hydrogen (secondary N) is 1. The molecule has 0 amide bonds. The van der Waals surface area contributed by atoms with Gasteiger partial charge in [-0.15, -0.1) is 0 Å². The quantitative estimate of drug-likeness (QED) is 0.831. The second-order valence-corrected chi connectivity index (χ2v) is 5.41. The van der Waals surface area contributed by atoms with E-state index in [1.54, 1.807) is 7.11 Å². The van der Waals surface area contributed by atoms with Gasteiger partial charge in [-0.2, -0.15) is 0 Å². The molecule has 0 aliphatic heterocycles. The highest BCUT2D eigenvalue weighted by molar-refractivity contribution is 14.1. The van der Waals surface area contributed by atoms with Gasteiger partial charge in [0, 0.05) is 15.8 Å². The van der Waals surface area contributed by atoms with Gasteiger partial charge in [0.1, 0.15) is 5.75 Å². The van der Waals surface area contributed by atoms with Crippen LogP contribution < -0.4 is 10.1 Å². The van der Waals surface area contributed by atoms with Crippen LogP contribution in [0.25, 0.3) is 0 Å². The van der Waals surface area contributed by atoms with E-state index in [9.17, 15) is 0 Å². The van der Waals surface area contributed by atoms with E-state index in [0.717, 1.165) is 18.0 Å². The van der Waals surface area contributed by atoms with Crippen molar-refractivity contribution < 1.29 is 4.74 Å². The molecule has 94 valence electrons. The second-order valence-electron chi connectivity index (χ2n) is 4.16. The molecule has 0 unspecified atom stereocenters. The van der Waals surface area contributed by atoms with Crippen molar-refractivity contribution in [2.75, 3.05) is 12.4 Å². The minimum atomic E-state index is 0.837. The molecule has 3 heteroatoms. The van der Waals surface area contributed by atoms with Crippen LogP contribution in [-0.4, -0.2) is 7.11 Å². The summed E-state index contributed by atoms with van der Waals surface area (Å²) in [5, 5.41) is 3.44. The largest absolute Gasteiger partial charge is 0.497 e. The zero-order valence-electron chi connectivity index (χ0n) is 10.5. The molecule has 1 N–H and O–H groups in total. The van der Waals surface area contributed by atoms with Crippen LogP contribution >= 0.6 is 22.6 Å². The fraction of sp³-hybridized carbons (Fsp3) is 0.200. The first-order valence-electron chi connectivity index (χ1n) is 5.82. The van der Waals surface area contributed by atoms with Gasteiger partial charge in [-0.3, -0.25) is 0 Å². The molecule has 0 aliphatic rings. The number of methoxy groups -OCH3 is 1. The van der Waals surface area contributed by atoms with Crippen LogP contribution in [0.1, 0.15) is 11.1 Å². The molecule has 2 aromatic carbocycles. The summed E-state index contributed by atoms with van der Waals surface area (Å²) in [6.45, 7) is 2.92. The number of hydrogen-bond acceptors (Lipinski definition) is 2. The average Bonchev–Trinajstić information content (AvgIpc) is 2.39. The van der Waals surface area contributed by atoms with E-state index in [0.29, 0.717) is 0 Å². The van der Waals surface area contributed by atoms with Crippen molar-refractivity contribution in [3.8, 4) is 5.75 Å². The smallest absolute Gasteiger partial charge is 0.119 e. The van der Waals surface area contributed by atoms with Crippen LogP contribution in [0.5, 0.6) is 5.75 Å². The molecule has 18 heavy (non-hydrogen) atoms. The van der Waals surface area contributed by atoms with E-state index in [-0.39, 0.29) is 0 Å². The normalized spacial score (nSPS) is 10.2. The predicted octanol–water partition coefficient (Wildman–Crippen LogP) is 4.22. The van der Waals surface area contributed by atoms with Crippen molar-refractivity contribution in [1.82, 2.24) is 0 Å². The van der Waals surface area contributed by atoms with Gasteiger partial charge in [0.15, 0.2) is 0 Å². The first-order valence-corrected chi connectivity index (χ1v) is 6.90. The summed E-state index contributed by atoms with van der Waals surface area (Å²) in [5.41, 5.74) is 3.62. The summed E-state index contributed by atoms with van der Waals surface area (Å²) in [4.78, 5) is 0. The van der Waals surface area contributed by atoms with E-state index < -0.39 is 0 Å². The van der Waals surface area contributed by atoms with Gasteiger partial charge in [0.05, 0.1) is 7.11 Å². The number of halogens is 1. The fourth-order valence-corrected chi connectivity index (χ4v) is 2.12. The molecular weight excluding hydrogens is 337 g/mol. The SMILES string of the molecule is COc1ccc(NCc2ccc(I)cc2)c(C)c1. The standard InChI is InChI=1S/C15H16INO/c1-11-9-14(18-2)7-8-15(11)17-10-12-3-5-13(16)6-4-12/h3-9,17H,10H2,1-2H3. The molecule has 0 radical (unpaired) electrons. The van der Waals surface area contributed by atoms with Gasteiger partial charge in [-0.05, 0) is 71.0 Å². The molecule has 2 nitrogen and oxygen atoms in total. The van der Waals surface area contributed by atoms with Crippen molar-refractivity contribution in [2.24, 2.45) is 0 Å². The molecule has 0 fully saturated rings. The van der Waals surface area contributed by atoms with Crippen LogP contribution in [-0.2, 0) is 6.54 Å². The first-order chi connectivity index (χ1) is 8.69. The molecule has 0 saturated heterocycles. The Morgan fingerprint density at radius 1 is 1.11 bits per heavy atom. The molecule has 2 rings (SSSR count). The third-order valence-corrected chi connectivity index (χ3v) is 3.55. The highest BCUT2D eigenvalue weighted by Gasteiger charge is 2.00. The van der Waals surface area contributed by atoms with E-state index in [4.69, 9.17) is 4.74 Å². The van der Waals surface area contributed by atoms with Gasteiger partial charge in [0.2, 0.25) is 0 Å². The summed E-state index contributed by atoms with van der Waals surface area (Å²) in [6, 6.07) is 14.6. The van der Waals surface area contributed by atoms with Gasteiger partial charge in [-0.1, -0.05) is 12.1 Å². The summed E-state index contributed by atoms with van der Waals surface area (Å²) in [5.74, 6) is 0.896. The van der Waals surface area contributed by atoms with Crippen molar-refractivity contribution in [3.05, 3.63) is 57.2 Å². The van der Waals surface area contributed by atoms with Crippen molar-refractivity contribution in [2.45, 2.75) is 13.5 Å². The predicted molar refractivity (Wildman–Crippen MR) is 84.2 cm³/mol. The number of ether oxygens (including phenoxy) is 1. The Morgan fingerprint density at radius 3 is 2.44 bits per heavy atom. The summed E-state index contributed by atoms with van der Waals surface area (Å²) < 4.78 is 6.46. The molecular formula is C15H16INO. The number of benzene rings is 2. The molecule has 2 aromatic rings. The molecule has 0 aromatic heterocycles. The maximum Gasteiger partial charge on any atom is 0.119 e. The molecule has 0 atom stereocenters. The maximum absolute atomic E-state index is 5.20. The number of rotatable bonds is 4. The minimum Gasteiger partial charge on any atom is -0.497 e. The summed E-state index contributed by atoms with van der Waals surface area (Å²) in [6.07, 6.45) is 0. The Hall–Kier alpha value is -1.23. The van der Waals surface area contributed by atoms with Crippen molar-refractivity contribution in [3.63, 3.8) is 0 Å². The van der Waals surface area contributed by atoms with Crippen molar-refractivity contribution in [1.29, 1.82) is 0 Å². The molecule has 0 saturated carbocycles. The Morgan fingerprint density at radius 2 is 1.83 bits per heavy atom. The van der Waals surface area contributed by atoms with Crippen LogP contribution in [0.2, 0.25) is 0 Å². The summed E-state index contributed by atoms with van der Waals surface area (Å²) in [7, 11) is 1.69. The topological polar surface area (TPSA) is 21.3 Å². The van der Waals surface area contributed by atoms with E-state index >= 15 is 0 Å². The lowest BCUT2D eigenvalue weighted by molar-refractivity contribution is 0.414. The minimum absolute atomic E-state index is 0.837. The van der Waals surface area contributed by atoms with Crippen LogP contribution in [0.15, 0.2) is 42.5 Å². The zero-order valence-corrected chi connectivity index (χ0v) is 12.7. The van der Waals surface area contributed by atoms with Crippen molar-refractivity contribution >= 4 is 28.3 Å². The number of aryl methyl sites for hydroxylation is 1. The zero-order chi connectivity index (χ0) is 13.0. The van der Waals surface area contributed by atoms with E-state index in [2.05, 4.69) is 65.2 Å². The van der Waals surface area contributed by atoms with Crippen LogP contribution in [0, 0.1) is 10.5 Å². The first kappa shape index (κ1) is 13.2. The second kappa shape index (κ2) is 6.09. The van der Waals surface area contributed by atoms with Gasteiger partial charge < -0.3 is 10.1 Å². The van der Waals surface area contributed by atoms with E-state index in [1.807, 2.05) is 12.1 Å². The lowest BCUT2D eigenvalue weighted by Gasteiger charge is -2.11. The number of anilines is 1. The Kier molecular flexibility index (Phi) is 4.47. The fourth-order valence-electron chi connectivity index (χ4n) is 1.76. The molecule has 0 bridgehead atoms. The van der Waals surface area contributed by atoms with Gasteiger partial charge in [0.25, 0.3) is 0 Å². The molecule has 0 heterocycles. The third kappa shape index (κ3) is 3.38. The van der Waals surface area contributed by atoms with E-state index in [1.165, 1.54) is 14.7 Å². The van der Waals surface area contributed by atoms with Crippen LogP contribution in [0.4, 0.5) is 5.69 Å². The lowest BCUT2D eigenvalue weighted by atomic mass is 10.1. The van der Waals surface area contributed by atoms with Gasteiger partial charge >= 0.3 is 0 Å². The Balaban J connectivity index is 2.04. The average molecular weight is 353 g/mol. The monoisotopic (exact) mass is 353 g/mol. The Labute approximate surface area is 122 Å².